The van der Waals surface area contributed by atoms with Crippen LogP contribution in [0.4, 0.5) is 0 Å². The second kappa shape index (κ2) is 6.13. The average molecular weight is 355 g/mol. The summed E-state index contributed by atoms with van der Waals surface area (Å²) in [6, 6.07) is 9.40. The third-order valence-corrected chi connectivity index (χ3v) is 6.86. The Morgan fingerprint density at radius 1 is 1.25 bits per heavy atom. The minimum atomic E-state index is -3.47. The first-order chi connectivity index (χ1) is 11.0. The summed E-state index contributed by atoms with van der Waals surface area (Å²) in [6.07, 6.45) is 0.305. The van der Waals surface area contributed by atoms with Crippen LogP contribution in [0.5, 0.6) is 0 Å². The van der Waals surface area contributed by atoms with Crippen molar-refractivity contribution < 1.29 is 22.7 Å². The van der Waals surface area contributed by atoms with Gasteiger partial charge in [-0.2, -0.15) is 0 Å². The molecule has 0 radical (unpaired) electrons. The van der Waals surface area contributed by atoms with Gasteiger partial charge in [-0.05, 0) is 33.3 Å². The molecular weight excluding hydrogens is 330 g/mol. The fraction of sp³-hybridized carbons (Fsp3) is 0.588. The van der Waals surface area contributed by atoms with Crippen molar-refractivity contribution in [2.24, 2.45) is 0 Å². The summed E-state index contributed by atoms with van der Waals surface area (Å²) in [5.41, 5.74) is -0.316. The molecule has 0 spiro atoms. The van der Waals surface area contributed by atoms with E-state index in [1.54, 1.807) is 27.7 Å². The summed E-state index contributed by atoms with van der Waals surface area (Å²) in [5.74, 6) is -1.99. The van der Waals surface area contributed by atoms with Crippen LogP contribution in [0.25, 0.3) is 0 Å². The lowest BCUT2D eigenvalue weighted by Gasteiger charge is -2.21. The highest BCUT2D eigenvalue weighted by Crippen LogP contribution is 2.50. The number of carbonyl (C=O) groups is 1. The van der Waals surface area contributed by atoms with E-state index in [4.69, 9.17) is 9.47 Å². The molecule has 0 bridgehead atoms. The SMILES string of the molecule is COC1(C)OC1(Cc1ccccc1)C(=O)NCS(=O)(=O)C(C)(C)C. The van der Waals surface area contributed by atoms with Gasteiger partial charge in [-0.15, -0.1) is 0 Å². The van der Waals surface area contributed by atoms with Crippen molar-refractivity contribution >= 4 is 15.7 Å². The topological polar surface area (TPSA) is 85.0 Å². The fourth-order valence-electron chi connectivity index (χ4n) is 2.45. The quantitative estimate of drug-likeness (QED) is 0.784. The standard InChI is InChI=1S/C17H25NO5S/c1-15(2,3)24(20,21)12-18-14(19)17(16(4,22-5)23-17)11-13-9-7-6-8-10-13/h6-10H,11-12H2,1-5H3,(H,18,19). The van der Waals surface area contributed by atoms with Gasteiger partial charge in [0.05, 0.1) is 4.75 Å². The number of rotatable bonds is 6. The predicted octanol–water partition coefficient (Wildman–Crippen LogP) is 1.65. The number of sulfone groups is 1. The number of ether oxygens (including phenoxy) is 2. The van der Waals surface area contributed by atoms with E-state index in [1.807, 2.05) is 30.3 Å². The Bertz CT molecular complexity index is 710. The first-order valence-corrected chi connectivity index (χ1v) is 9.42. The van der Waals surface area contributed by atoms with Crippen molar-refractivity contribution in [2.75, 3.05) is 13.0 Å². The Kier molecular flexibility index (Phi) is 4.82. The highest BCUT2D eigenvalue weighted by Gasteiger charge is 2.73. The molecule has 1 amide bonds. The molecule has 2 rings (SSSR count). The van der Waals surface area contributed by atoms with Gasteiger partial charge in [0.25, 0.3) is 5.91 Å². The number of hydrogen-bond acceptors (Lipinski definition) is 5. The lowest BCUT2D eigenvalue weighted by Crippen LogP contribution is -2.47. The highest BCUT2D eigenvalue weighted by atomic mass is 32.2. The maximum Gasteiger partial charge on any atom is 0.259 e. The van der Waals surface area contributed by atoms with E-state index in [2.05, 4.69) is 5.32 Å². The smallest absolute Gasteiger partial charge is 0.259 e. The number of hydrogen-bond donors (Lipinski definition) is 1. The van der Waals surface area contributed by atoms with E-state index in [-0.39, 0.29) is 0 Å². The van der Waals surface area contributed by atoms with Crippen LogP contribution >= 0.6 is 0 Å². The van der Waals surface area contributed by atoms with E-state index in [0.29, 0.717) is 6.42 Å². The summed E-state index contributed by atoms with van der Waals surface area (Å²) >= 11 is 0. The number of carbonyl (C=O) groups excluding carboxylic acids is 1. The fourth-order valence-corrected chi connectivity index (χ4v) is 3.20. The maximum absolute atomic E-state index is 12.7. The van der Waals surface area contributed by atoms with Gasteiger partial charge in [0.15, 0.2) is 9.84 Å². The second-order valence-electron chi connectivity index (χ2n) is 7.12. The molecule has 1 aromatic rings. The van der Waals surface area contributed by atoms with Gasteiger partial charge >= 0.3 is 0 Å². The number of epoxide rings is 1. The second-order valence-corrected chi connectivity index (χ2v) is 9.86. The first kappa shape index (κ1) is 18.9. The molecule has 24 heavy (non-hydrogen) atoms. The molecule has 1 aromatic carbocycles. The molecule has 6 nitrogen and oxygen atoms in total. The van der Waals surface area contributed by atoms with Crippen LogP contribution in [0.2, 0.25) is 0 Å². The van der Waals surface area contributed by atoms with Gasteiger partial charge in [0, 0.05) is 13.5 Å². The minimum absolute atomic E-state index is 0.305. The molecule has 2 atom stereocenters. The van der Waals surface area contributed by atoms with Crippen molar-refractivity contribution in [3.63, 3.8) is 0 Å². The first-order valence-electron chi connectivity index (χ1n) is 7.77. The molecule has 0 aliphatic carbocycles. The maximum atomic E-state index is 12.7. The molecular formula is C17H25NO5S. The summed E-state index contributed by atoms with van der Waals surface area (Å²) in [4.78, 5) is 12.7. The van der Waals surface area contributed by atoms with Gasteiger partial charge in [0.2, 0.25) is 11.4 Å². The molecule has 1 saturated heterocycles. The summed E-state index contributed by atoms with van der Waals surface area (Å²) in [6.45, 7) is 6.47. The molecule has 1 aliphatic rings. The zero-order valence-corrected chi connectivity index (χ0v) is 15.6. The Labute approximate surface area is 143 Å². The zero-order chi connectivity index (χ0) is 18.2. The Morgan fingerprint density at radius 3 is 2.29 bits per heavy atom. The number of amides is 1. The highest BCUT2D eigenvalue weighted by molar-refractivity contribution is 7.92. The van der Waals surface area contributed by atoms with Crippen molar-refractivity contribution in [1.82, 2.24) is 5.32 Å². The summed E-state index contributed by atoms with van der Waals surface area (Å²) in [5, 5.41) is 2.51. The number of nitrogens with one attached hydrogen (secondary N) is 1. The van der Waals surface area contributed by atoms with E-state index < -0.39 is 37.8 Å². The molecule has 1 heterocycles. The molecule has 1 fully saturated rings. The largest absolute Gasteiger partial charge is 0.350 e. The van der Waals surface area contributed by atoms with Crippen LogP contribution in [0.1, 0.15) is 33.3 Å². The van der Waals surface area contributed by atoms with Gasteiger partial charge < -0.3 is 14.8 Å². The number of benzene rings is 1. The van der Waals surface area contributed by atoms with Crippen LogP contribution in [0, 0.1) is 0 Å². The van der Waals surface area contributed by atoms with Crippen LogP contribution in [-0.4, -0.2) is 43.4 Å². The molecule has 1 aliphatic heterocycles. The lowest BCUT2D eigenvalue weighted by atomic mass is 9.93. The van der Waals surface area contributed by atoms with E-state index in [0.717, 1.165) is 5.56 Å². The average Bonchev–Trinajstić information content (AvgIpc) is 3.11. The molecule has 0 aromatic heterocycles. The van der Waals surface area contributed by atoms with Gasteiger partial charge in [-0.25, -0.2) is 8.42 Å². The van der Waals surface area contributed by atoms with Crippen LogP contribution in [0.15, 0.2) is 30.3 Å². The predicted molar refractivity (Wildman–Crippen MR) is 91.1 cm³/mol. The van der Waals surface area contributed by atoms with Gasteiger partial charge in [0.1, 0.15) is 5.88 Å². The van der Waals surface area contributed by atoms with Gasteiger partial charge in [-0.1, -0.05) is 30.3 Å². The van der Waals surface area contributed by atoms with Crippen LogP contribution in [0.3, 0.4) is 0 Å². The van der Waals surface area contributed by atoms with Crippen molar-refractivity contribution in [2.45, 2.75) is 50.3 Å². The van der Waals surface area contributed by atoms with Crippen LogP contribution < -0.4 is 5.32 Å². The minimum Gasteiger partial charge on any atom is -0.350 e. The third kappa shape index (κ3) is 3.34. The molecule has 1 N–H and O–H groups in total. The van der Waals surface area contributed by atoms with E-state index in [1.165, 1.54) is 7.11 Å². The Morgan fingerprint density at radius 2 is 1.83 bits per heavy atom. The van der Waals surface area contributed by atoms with Gasteiger partial charge in [-0.3, -0.25) is 4.79 Å². The molecule has 0 saturated carbocycles. The van der Waals surface area contributed by atoms with Crippen molar-refractivity contribution in [3.05, 3.63) is 35.9 Å². The number of methoxy groups -OCH3 is 1. The monoisotopic (exact) mass is 355 g/mol. The van der Waals surface area contributed by atoms with E-state index in [9.17, 15) is 13.2 Å². The van der Waals surface area contributed by atoms with Crippen LogP contribution in [-0.2, 0) is 30.5 Å². The van der Waals surface area contributed by atoms with Crippen molar-refractivity contribution in [3.8, 4) is 0 Å². The molecule has 7 heteroatoms. The van der Waals surface area contributed by atoms with E-state index >= 15 is 0 Å². The summed E-state index contributed by atoms with van der Waals surface area (Å²) in [7, 11) is -2.01. The molecule has 134 valence electrons. The lowest BCUT2D eigenvalue weighted by molar-refractivity contribution is -0.126. The van der Waals surface area contributed by atoms with Crippen molar-refractivity contribution in [1.29, 1.82) is 0 Å². The normalized spacial score (nSPS) is 26.9. The summed E-state index contributed by atoms with van der Waals surface area (Å²) < 4.78 is 34.4. The zero-order valence-electron chi connectivity index (χ0n) is 14.8. The Hall–Kier alpha value is -1.44. The third-order valence-electron chi connectivity index (χ3n) is 4.47. The Balaban J connectivity index is 2.17. The molecule has 2 unspecified atom stereocenters.